The van der Waals surface area contributed by atoms with Crippen molar-refractivity contribution in [2.24, 2.45) is 17.8 Å². The normalized spacial score (nSPS) is 24.4. The molecule has 1 aromatic rings. The Bertz CT molecular complexity index is 920. The second-order valence-electron chi connectivity index (χ2n) is 10.1. The van der Waals surface area contributed by atoms with Gasteiger partial charge in [-0.15, -0.1) is 0 Å². The van der Waals surface area contributed by atoms with Crippen LogP contribution in [0.1, 0.15) is 47.0 Å². The number of nitrogens with zero attached hydrogens (tertiary/aromatic N) is 2. The molecule has 2 unspecified atom stereocenters. The highest BCUT2D eigenvalue weighted by atomic mass is 32.2. The molecule has 32 heavy (non-hydrogen) atoms. The minimum Gasteiger partial charge on any atom is -0.354 e. The lowest BCUT2D eigenvalue weighted by Crippen LogP contribution is -2.56. The molecule has 0 bridgehead atoms. The molecule has 2 atom stereocenters. The molecule has 2 saturated heterocycles. The fourth-order valence-electron chi connectivity index (χ4n) is 4.86. The topological polar surface area (TPSA) is 69.7 Å². The van der Waals surface area contributed by atoms with Gasteiger partial charge in [0.05, 0.1) is 4.90 Å². The minimum absolute atomic E-state index is 0.0546. The van der Waals surface area contributed by atoms with Gasteiger partial charge in [-0.25, -0.2) is 17.2 Å². The van der Waals surface area contributed by atoms with Crippen LogP contribution in [0.25, 0.3) is 0 Å². The van der Waals surface area contributed by atoms with Gasteiger partial charge in [-0.3, -0.25) is 9.69 Å². The van der Waals surface area contributed by atoms with Crippen LogP contribution in [-0.2, 0) is 14.8 Å². The van der Waals surface area contributed by atoms with Crippen LogP contribution < -0.4 is 5.32 Å². The summed E-state index contributed by atoms with van der Waals surface area (Å²) in [5.74, 6) is -1.33. The van der Waals surface area contributed by atoms with Crippen LogP contribution in [0.3, 0.4) is 0 Å². The van der Waals surface area contributed by atoms with E-state index >= 15 is 0 Å². The van der Waals surface area contributed by atoms with Gasteiger partial charge in [-0.05, 0) is 63.1 Å². The van der Waals surface area contributed by atoms with E-state index < -0.39 is 21.7 Å². The number of rotatable bonds is 6. The van der Waals surface area contributed by atoms with Crippen LogP contribution >= 0.6 is 0 Å². The maximum Gasteiger partial charge on any atom is 0.243 e. The van der Waals surface area contributed by atoms with Gasteiger partial charge in [-0.2, -0.15) is 4.31 Å². The second-order valence-corrected chi connectivity index (χ2v) is 12.1. The Morgan fingerprint density at radius 3 is 2.25 bits per heavy atom. The summed E-state index contributed by atoms with van der Waals surface area (Å²) in [7, 11) is -3.92. The molecule has 2 heterocycles. The Morgan fingerprint density at radius 2 is 1.69 bits per heavy atom. The summed E-state index contributed by atoms with van der Waals surface area (Å²) >= 11 is 0. The summed E-state index contributed by atoms with van der Waals surface area (Å²) < 4.78 is 53.4. The largest absolute Gasteiger partial charge is 0.354 e. The third-order valence-corrected chi connectivity index (χ3v) is 8.67. The lowest BCUT2D eigenvalue weighted by Gasteiger charge is -2.45. The number of halogens is 2. The monoisotopic (exact) mass is 471 g/mol. The Hall–Kier alpha value is -1.58. The third-order valence-electron chi connectivity index (χ3n) is 6.77. The Labute approximate surface area is 190 Å². The lowest BCUT2D eigenvalue weighted by atomic mass is 9.88. The zero-order chi connectivity index (χ0) is 23.7. The summed E-state index contributed by atoms with van der Waals surface area (Å²) in [6, 6.07) is 2.58. The first-order valence-electron chi connectivity index (χ1n) is 11.4. The molecule has 2 fully saturated rings. The number of nitrogens with one attached hydrogen (secondary N) is 1. The molecule has 1 aromatic carbocycles. The van der Waals surface area contributed by atoms with Crippen LogP contribution in [0, 0.1) is 29.4 Å². The molecule has 0 aromatic heterocycles. The van der Waals surface area contributed by atoms with Crippen LogP contribution in [0.15, 0.2) is 23.1 Å². The average Bonchev–Trinajstić information content (AvgIpc) is 2.73. The van der Waals surface area contributed by atoms with Gasteiger partial charge in [0, 0.05) is 44.2 Å². The van der Waals surface area contributed by atoms with Gasteiger partial charge in [0.1, 0.15) is 0 Å². The van der Waals surface area contributed by atoms with Gasteiger partial charge in [0.25, 0.3) is 0 Å². The van der Waals surface area contributed by atoms with Crippen LogP contribution in [0.5, 0.6) is 0 Å². The molecule has 1 N–H and O–H groups in total. The molecule has 2 aliphatic rings. The van der Waals surface area contributed by atoms with E-state index in [4.69, 9.17) is 0 Å². The first kappa shape index (κ1) is 25.1. The first-order chi connectivity index (χ1) is 14.9. The number of hydrogen-bond acceptors (Lipinski definition) is 4. The molecule has 180 valence electrons. The summed E-state index contributed by atoms with van der Waals surface area (Å²) in [5, 5.41) is 3.08. The van der Waals surface area contributed by atoms with E-state index in [1.54, 1.807) is 0 Å². The number of carbonyl (C=O) groups is 1. The zero-order valence-corrected chi connectivity index (χ0v) is 20.2. The van der Waals surface area contributed by atoms with Crippen molar-refractivity contribution in [3.8, 4) is 0 Å². The third kappa shape index (κ3) is 5.66. The summed E-state index contributed by atoms with van der Waals surface area (Å²) in [6.07, 6.45) is 2.02. The van der Waals surface area contributed by atoms with Crippen molar-refractivity contribution in [1.82, 2.24) is 14.5 Å². The van der Waals surface area contributed by atoms with Crippen LogP contribution in [-0.4, -0.2) is 61.8 Å². The molecular formula is C23H35F2N3O3S. The molecule has 3 rings (SSSR count). The Balaban J connectivity index is 1.53. The van der Waals surface area contributed by atoms with Gasteiger partial charge < -0.3 is 5.32 Å². The van der Waals surface area contributed by atoms with Crippen LogP contribution in [0.2, 0.25) is 0 Å². The fourth-order valence-corrected chi connectivity index (χ4v) is 6.34. The van der Waals surface area contributed by atoms with Crippen LogP contribution in [0.4, 0.5) is 8.78 Å². The number of sulfonamides is 1. The summed E-state index contributed by atoms with van der Waals surface area (Å²) in [6.45, 7) is 11.7. The van der Waals surface area contributed by atoms with Crippen molar-refractivity contribution in [2.75, 3.05) is 32.7 Å². The van der Waals surface area contributed by atoms with Gasteiger partial charge >= 0.3 is 0 Å². The highest BCUT2D eigenvalue weighted by Gasteiger charge is 2.35. The SMILES string of the molecule is CC1CC(C)CN(C(C)(C)CNC(=O)C2CCN(S(=O)(=O)c3ccc(F)c(F)c3)CC2)C1. The molecule has 2 aliphatic heterocycles. The predicted octanol–water partition coefficient (Wildman–Crippen LogP) is 3.24. The maximum absolute atomic E-state index is 13.5. The molecule has 0 saturated carbocycles. The Morgan fingerprint density at radius 1 is 1.09 bits per heavy atom. The van der Waals surface area contributed by atoms with Gasteiger partial charge in [0.2, 0.25) is 15.9 Å². The highest BCUT2D eigenvalue weighted by Crippen LogP contribution is 2.28. The molecule has 6 nitrogen and oxygen atoms in total. The number of carbonyl (C=O) groups excluding carboxylic acids is 1. The number of benzene rings is 1. The van der Waals surface area contributed by atoms with E-state index in [-0.39, 0.29) is 35.3 Å². The van der Waals surface area contributed by atoms with E-state index in [0.717, 1.165) is 25.2 Å². The molecule has 1 amide bonds. The number of hydrogen-bond donors (Lipinski definition) is 1. The first-order valence-corrected chi connectivity index (χ1v) is 12.8. The van der Waals surface area contributed by atoms with Gasteiger partial charge in [0.15, 0.2) is 11.6 Å². The lowest BCUT2D eigenvalue weighted by molar-refractivity contribution is -0.126. The van der Waals surface area contributed by atoms with E-state index in [0.29, 0.717) is 37.3 Å². The highest BCUT2D eigenvalue weighted by molar-refractivity contribution is 7.89. The van der Waals surface area contributed by atoms with E-state index in [1.165, 1.54) is 10.7 Å². The van der Waals surface area contributed by atoms with Crippen molar-refractivity contribution < 1.29 is 22.0 Å². The molecule has 9 heteroatoms. The summed E-state index contributed by atoms with van der Waals surface area (Å²) in [4.78, 5) is 15.0. The molecule has 0 spiro atoms. The van der Waals surface area contributed by atoms with Crippen molar-refractivity contribution in [1.29, 1.82) is 0 Å². The predicted molar refractivity (Wildman–Crippen MR) is 119 cm³/mol. The smallest absolute Gasteiger partial charge is 0.243 e. The number of likely N-dealkylation sites (tertiary alicyclic amines) is 1. The van der Waals surface area contributed by atoms with E-state index in [9.17, 15) is 22.0 Å². The number of piperidine rings is 2. The Kier molecular flexibility index (Phi) is 7.62. The van der Waals surface area contributed by atoms with Crippen molar-refractivity contribution >= 4 is 15.9 Å². The standard InChI is InChI=1S/C23H35F2N3O3S/c1-16-11-17(2)14-27(13-16)23(3,4)15-26-22(29)18-7-9-28(10-8-18)32(30,31)19-5-6-20(24)21(25)12-19/h5-6,12,16-18H,7-11,13-15H2,1-4H3,(H,26,29). The summed E-state index contributed by atoms with van der Waals surface area (Å²) in [5.41, 5.74) is -0.157. The molecule has 0 radical (unpaired) electrons. The quantitative estimate of drug-likeness (QED) is 0.692. The van der Waals surface area contributed by atoms with E-state index in [1.807, 2.05) is 0 Å². The zero-order valence-electron chi connectivity index (χ0n) is 19.4. The average molecular weight is 472 g/mol. The minimum atomic E-state index is -3.92. The number of amides is 1. The maximum atomic E-state index is 13.5. The van der Waals surface area contributed by atoms with Crippen molar-refractivity contribution in [3.05, 3.63) is 29.8 Å². The molecular weight excluding hydrogens is 436 g/mol. The van der Waals surface area contributed by atoms with Crippen molar-refractivity contribution in [3.63, 3.8) is 0 Å². The molecule has 0 aliphatic carbocycles. The van der Waals surface area contributed by atoms with Crippen molar-refractivity contribution in [2.45, 2.75) is 57.4 Å². The van der Waals surface area contributed by atoms with Gasteiger partial charge in [-0.1, -0.05) is 13.8 Å². The van der Waals surface area contributed by atoms with E-state index in [2.05, 4.69) is 37.9 Å². The fraction of sp³-hybridized carbons (Fsp3) is 0.696. The second kappa shape index (κ2) is 9.73.